The molecule has 1 atom stereocenters. The molecular formula is C18H15BrO. The Morgan fingerprint density at radius 3 is 2.40 bits per heavy atom. The van der Waals surface area contributed by atoms with Gasteiger partial charge in [0.05, 0.1) is 6.10 Å². The molecule has 0 aliphatic heterocycles. The molecular weight excluding hydrogens is 312 g/mol. The van der Waals surface area contributed by atoms with Gasteiger partial charge in [-0.3, -0.25) is 0 Å². The van der Waals surface area contributed by atoms with Crippen LogP contribution < -0.4 is 0 Å². The Balaban J connectivity index is 1.97. The molecule has 1 unspecified atom stereocenters. The first kappa shape index (κ1) is 13.3. The number of aliphatic hydroxyl groups is 1. The molecule has 0 aliphatic rings. The van der Waals surface area contributed by atoms with Crippen molar-refractivity contribution >= 4 is 26.7 Å². The first-order chi connectivity index (χ1) is 9.75. The molecule has 3 aromatic carbocycles. The maximum atomic E-state index is 10.6. The highest BCUT2D eigenvalue weighted by Gasteiger charge is 2.13. The SMILES string of the molecule is OC(Cc1ccccc1Br)c1cccc2ccccc12. The molecule has 0 amide bonds. The minimum Gasteiger partial charge on any atom is -0.388 e. The molecule has 100 valence electrons. The summed E-state index contributed by atoms with van der Waals surface area (Å²) in [5.41, 5.74) is 2.10. The highest BCUT2D eigenvalue weighted by Crippen LogP contribution is 2.28. The number of aliphatic hydroxyl groups excluding tert-OH is 1. The summed E-state index contributed by atoms with van der Waals surface area (Å²) in [7, 11) is 0. The molecule has 20 heavy (non-hydrogen) atoms. The van der Waals surface area contributed by atoms with Crippen molar-refractivity contribution in [2.24, 2.45) is 0 Å². The quantitative estimate of drug-likeness (QED) is 0.727. The topological polar surface area (TPSA) is 20.2 Å². The van der Waals surface area contributed by atoms with Crippen LogP contribution in [0.3, 0.4) is 0 Å². The number of fused-ring (bicyclic) bond motifs is 1. The standard InChI is InChI=1S/C18H15BrO/c19-17-11-4-2-7-14(17)12-18(20)16-10-5-8-13-6-1-3-9-15(13)16/h1-11,18,20H,12H2. The molecule has 0 saturated carbocycles. The molecule has 3 rings (SSSR count). The van der Waals surface area contributed by atoms with Crippen molar-refractivity contribution in [2.75, 3.05) is 0 Å². The Hall–Kier alpha value is -1.64. The first-order valence-corrected chi connectivity index (χ1v) is 7.44. The zero-order valence-electron chi connectivity index (χ0n) is 11.0. The van der Waals surface area contributed by atoms with E-state index in [0.717, 1.165) is 26.4 Å². The number of hydrogen-bond donors (Lipinski definition) is 1. The highest BCUT2D eigenvalue weighted by molar-refractivity contribution is 9.10. The minimum atomic E-state index is -0.500. The second-order valence-corrected chi connectivity index (χ2v) is 5.73. The fraction of sp³-hybridized carbons (Fsp3) is 0.111. The maximum Gasteiger partial charge on any atom is 0.0836 e. The van der Waals surface area contributed by atoms with E-state index in [2.05, 4.69) is 34.1 Å². The number of hydrogen-bond acceptors (Lipinski definition) is 1. The van der Waals surface area contributed by atoms with Gasteiger partial charge in [-0.05, 0) is 28.0 Å². The molecule has 2 heteroatoms. The lowest BCUT2D eigenvalue weighted by atomic mass is 9.96. The van der Waals surface area contributed by atoms with Gasteiger partial charge in [0.15, 0.2) is 0 Å². The van der Waals surface area contributed by atoms with Crippen LogP contribution in [0.4, 0.5) is 0 Å². The number of halogens is 1. The predicted octanol–water partition coefficient (Wildman–Crippen LogP) is 4.88. The van der Waals surface area contributed by atoms with Gasteiger partial charge >= 0.3 is 0 Å². The van der Waals surface area contributed by atoms with E-state index in [4.69, 9.17) is 0 Å². The van der Waals surface area contributed by atoms with Crippen LogP contribution >= 0.6 is 15.9 Å². The third kappa shape index (κ3) is 2.62. The molecule has 1 N–H and O–H groups in total. The molecule has 0 heterocycles. The van der Waals surface area contributed by atoms with Crippen LogP contribution in [-0.4, -0.2) is 5.11 Å². The third-order valence-electron chi connectivity index (χ3n) is 3.55. The lowest BCUT2D eigenvalue weighted by Gasteiger charge is -2.14. The van der Waals surface area contributed by atoms with E-state index >= 15 is 0 Å². The number of rotatable bonds is 3. The molecule has 0 aromatic heterocycles. The third-order valence-corrected chi connectivity index (χ3v) is 4.33. The second-order valence-electron chi connectivity index (χ2n) is 4.88. The second kappa shape index (κ2) is 5.78. The van der Waals surface area contributed by atoms with Crippen LogP contribution in [0.15, 0.2) is 71.2 Å². The van der Waals surface area contributed by atoms with E-state index < -0.39 is 6.10 Å². The summed E-state index contributed by atoms with van der Waals surface area (Å²) in [6, 6.07) is 22.3. The summed E-state index contributed by atoms with van der Waals surface area (Å²) in [5, 5.41) is 12.9. The van der Waals surface area contributed by atoms with Gasteiger partial charge in [0, 0.05) is 10.9 Å². The highest BCUT2D eigenvalue weighted by atomic mass is 79.9. The van der Waals surface area contributed by atoms with Crippen molar-refractivity contribution < 1.29 is 5.11 Å². The summed E-state index contributed by atoms with van der Waals surface area (Å²) in [5.74, 6) is 0. The summed E-state index contributed by atoms with van der Waals surface area (Å²) in [4.78, 5) is 0. The van der Waals surface area contributed by atoms with Gasteiger partial charge in [0.1, 0.15) is 0 Å². The van der Waals surface area contributed by atoms with Crippen LogP contribution in [0.5, 0.6) is 0 Å². The van der Waals surface area contributed by atoms with Crippen LogP contribution in [0.1, 0.15) is 17.2 Å². The molecule has 0 radical (unpaired) electrons. The largest absolute Gasteiger partial charge is 0.388 e. The summed E-state index contributed by atoms with van der Waals surface area (Å²) in [6.45, 7) is 0. The van der Waals surface area contributed by atoms with Gasteiger partial charge in [-0.25, -0.2) is 0 Å². The summed E-state index contributed by atoms with van der Waals surface area (Å²) < 4.78 is 1.04. The van der Waals surface area contributed by atoms with Gasteiger partial charge < -0.3 is 5.11 Å². The average molecular weight is 327 g/mol. The zero-order chi connectivity index (χ0) is 13.9. The fourth-order valence-corrected chi connectivity index (χ4v) is 2.97. The Morgan fingerprint density at radius 2 is 1.55 bits per heavy atom. The van der Waals surface area contributed by atoms with Gasteiger partial charge in [-0.1, -0.05) is 76.6 Å². The Kier molecular flexibility index (Phi) is 3.86. The van der Waals surface area contributed by atoms with E-state index in [1.54, 1.807) is 0 Å². The molecule has 1 nitrogen and oxygen atoms in total. The lowest BCUT2D eigenvalue weighted by molar-refractivity contribution is 0.180. The molecule has 0 spiro atoms. The Morgan fingerprint density at radius 1 is 0.850 bits per heavy atom. The average Bonchev–Trinajstić information content (AvgIpc) is 2.49. The van der Waals surface area contributed by atoms with Crippen LogP contribution in [-0.2, 0) is 6.42 Å². The Labute approximate surface area is 127 Å². The molecule has 0 aliphatic carbocycles. The van der Waals surface area contributed by atoms with Crippen molar-refractivity contribution in [3.05, 3.63) is 82.3 Å². The molecule has 3 aromatic rings. The van der Waals surface area contributed by atoms with Crippen molar-refractivity contribution in [1.29, 1.82) is 0 Å². The van der Waals surface area contributed by atoms with Gasteiger partial charge in [0.2, 0.25) is 0 Å². The summed E-state index contributed by atoms with van der Waals surface area (Å²) in [6.07, 6.45) is 0.106. The predicted molar refractivity (Wildman–Crippen MR) is 86.8 cm³/mol. The Bertz CT molecular complexity index is 731. The van der Waals surface area contributed by atoms with Crippen LogP contribution in [0.2, 0.25) is 0 Å². The van der Waals surface area contributed by atoms with Gasteiger partial charge in [-0.2, -0.15) is 0 Å². The van der Waals surface area contributed by atoms with Gasteiger partial charge in [-0.15, -0.1) is 0 Å². The van der Waals surface area contributed by atoms with Crippen molar-refractivity contribution in [1.82, 2.24) is 0 Å². The van der Waals surface area contributed by atoms with Crippen LogP contribution in [0, 0.1) is 0 Å². The molecule has 0 fully saturated rings. The molecule has 0 saturated heterocycles. The normalized spacial score (nSPS) is 12.5. The lowest BCUT2D eigenvalue weighted by Crippen LogP contribution is -2.03. The smallest absolute Gasteiger partial charge is 0.0836 e. The summed E-state index contributed by atoms with van der Waals surface area (Å²) >= 11 is 3.54. The first-order valence-electron chi connectivity index (χ1n) is 6.65. The van der Waals surface area contributed by atoms with Crippen molar-refractivity contribution in [3.63, 3.8) is 0 Å². The molecule has 0 bridgehead atoms. The zero-order valence-corrected chi connectivity index (χ0v) is 12.5. The van der Waals surface area contributed by atoms with E-state index in [0.29, 0.717) is 6.42 Å². The fourth-order valence-electron chi connectivity index (χ4n) is 2.52. The minimum absolute atomic E-state index is 0.500. The van der Waals surface area contributed by atoms with E-state index in [-0.39, 0.29) is 0 Å². The maximum absolute atomic E-state index is 10.6. The van der Waals surface area contributed by atoms with Gasteiger partial charge in [0.25, 0.3) is 0 Å². The van der Waals surface area contributed by atoms with E-state index in [9.17, 15) is 5.11 Å². The number of benzene rings is 3. The van der Waals surface area contributed by atoms with E-state index in [1.807, 2.05) is 48.5 Å². The van der Waals surface area contributed by atoms with E-state index in [1.165, 1.54) is 0 Å². The van der Waals surface area contributed by atoms with Crippen molar-refractivity contribution in [2.45, 2.75) is 12.5 Å². The van der Waals surface area contributed by atoms with Crippen LogP contribution in [0.25, 0.3) is 10.8 Å². The monoisotopic (exact) mass is 326 g/mol. The van der Waals surface area contributed by atoms with Crippen molar-refractivity contribution in [3.8, 4) is 0 Å².